The minimum atomic E-state index is -3.60. The van der Waals surface area contributed by atoms with Crippen LogP contribution in [0.15, 0.2) is 29.2 Å². The lowest BCUT2D eigenvalue weighted by Crippen LogP contribution is -2.51. The predicted molar refractivity (Wildman–Crippen MR) is 109 cm³/mol. The van der Waals surface area contributed by atoms with E-state index in [1.54, 1.807) is 17.0 Å². The first kappa shape index (κ1) is 21.8. The van der Waals surface area contributed by atoms with E-state index in [2.05, 4.69) is 20.8 Å². The summed E-state index contributed by atoms with van der Waals surface area (Å²) in [6.45, 7) is 8.96. The van der Waals surface area contributed by atoms with Crippen LogP contribution in [-0.4, -0.2) is 62.3 Å². The van der Waals surface area contributed by atoms with Crippen molar-refractivity contribution >= 4 is 21.9 Å². The molecule has 0 bridgehead atoms. The summed E-state index contributed by atoms with van der Waals surface area (Å²) < 4.78 is 32.3. The van der Waals surface area contributed by atoms with Crippen LogP contribution in [-0.2, 0) is 29.8 Å². The third-order valence-electron chi connectivity index (χ3n) is 5.70. The van der Waals surface area contributed by atoms with Crippen LogP contribution in [0.5, 0.6) is 0 Å². The Morgan fingerprint density at radius 2 is 1.62 bits per heavy atom. The molecular formula is C21H30N2O5S. The van der Waals surface area contributed by atoms with Crippen LogP contribution in [0.25, 0.3) is 0 Å². The van der Waals surface area contributed by atoms with Crippen LogP contribution >= 0.6 is 0 Å². The van der Waals surface area contributed by atoms with E-state index in [9.17, 15) is 18.0 Å². The minimum absolute atomic E-state index is 0.0463. The van der Waals surface area contributed by atoms with Gasteiger partial charge < -0.3 is 9.64 Å². The molecule has 0 unspecified atom stereocenters. The third-order valence-corrected chi connectivity index (χ3v) is 7.61. The van der Waals surface area contributed by atoms with E-state index in [1.165, 1.54) is 4.31 Å². The highest BCUT2D eigenvalue weighted by atomic mass is 32.2. The summed E-state index contributed by atoms with van der Waals surface area (Å²) in [6, 6.07) is 6.99. The third kappa shape index (κ3) is 4.98. The lowest BCUT2D eigenvalue weighted by atomic mass is 9.87. The topological polar surface area (TPSA) is 84.0 Å². The fraction of sp³-hybridized carbons (Fsp3) is 0.619. The Bertz CT molecular complexity index is 865. The first-order valence-corrected chi connectivity index (χ1v) is 11.5. The summed E-state index contributed by atoms with van der Waals surface area (Å²) in [5, 5.41) is 0. The zero-order chi connectivity index (χ0) is 21.4. The van der Waals surface area contributed by atoms with Crippen LogP contribution in [0.3, 0.4) is 0 Å². The molecule has 1 aromatic rings. The Labute approximate surface area is 173 Å². The van der Waals surface area contributed by atoms with Gasteiger partial charge in [-0.1, -0.05) is 39.8 Å². The van der Waals surface area contributed by atoms with Crippen molar-refractivity contribution in [1.82, 2.24) is 9.21 Å². The first-order chi connectivity index (χ1) is 13.5. The molecule has 2 aliphatic rings. The molecule has 1 saturated heterocycles. The van der Waals surface area contributed by atoms with Gasteiger partial charge in [-0.15, -0.1) is 0 Å². The number of carbonyl (C=O) groups is 2. The molecule has 2 atom stereocenters. The van der Waals surface area contributed by atoms with Gasteiger partial charge in [0, 0.05) is 26.2 Å². The summed E-state index contributed by atoms with van der Waals surface area (Å²) in [5.74, 6) is -0.331. The number of nitrogens with zero attached hydrogens (tertiary/aromatic N) is 2. The van der Waals surface area contributed by atoms with Crippen LogP contribution in [0.2, 0.25) is 0 Å². The Morgan fingerprint density at radius 3 is 2.10 bits per heavy atom. The van der Waals surface area contributed by atoms with Gasteiger partial charge in [0.05, 0.1) is 10.8 Å². The van der Waals surface area contributed by atoms with Gasteiger partial charge in [-0.3, -0.25) is 9.59 Å². The number of carbonyl (C=O) groups excluding carboxylic acids is 2. The highest BCUT2D eigenvalue weighted by Gasteiger charge is 2.41. The number of benzene rings is 1. The molecule has 0 radical (unpaired) electrons. The number of sulfonamides is 1. The molecule has 7 nitrogen and oxygen atoms in total. The average Bonchev–Trinajstić information content (AvgIpc) is 3.42. The van der Waals surface area contributed by atoms with E-state index in [1.807, 2.05) is 19.1 Å². The van der Waals surface area contributed by atoms with E-state index < -0.39 is 10.0 Å². The summed E-state index contributed by atoms with van der Waals surface area (Å²) in [7, 11) is -3.60. The van der Waals surface area contributed by atoms with Crippen molar-refractivity contribution < 1.29 is 22.7 Å². The Balaban J connectivity index is 1.53. The molecule has 3 rings (SSSR count). The summed E-state index contributed by atoms with van der Waals surface area (Å²) in [4.78, 5) is 25.8. The number of hydrogen-bond donors (Lipinski definition) is 0. The number of rotatable bonds is 5. The fourth-order valence-corrected chi connectivity index (χ4v) is 4.86. The van der Waals surface area contributed by atoms with Gasteiger partial charge in [-0.25, -0.2) is 8.42 Å². The first-order valence-electron chi connectivity index (χ1n) is 10.1. The molecular weight excluding hydrogens is 392 g/mol. The Hall–Kier alpha value is -1.93. The van der Waals surface area contributed by atoms with E-state index in [0.29, 0.717) is 5.92 Å². The number of amides is 1. The second kappa shape index (κ2) is 8.07. The molecule has 0 N–H and O–H groups in total. The maximum atomic E-state index is 12.9. The van der Waals surface area contributed by atoms with Crippen LogP contribution in [0.1, 0.15) is 39.7 Å². The normalized spacial score (nSPS) is 23.0. The quantitative estimate of drug-likeness (QED) is 0.678. The van der Waals surface area contributed by atoms with Crippen molar-refractivity contribution in [1.29, 1.82) is 0 Å². The molecule has 2 fully saturated rings. The van der Waals surface area contributed by atoms with Gasteiger partial charge in [0.15, 0.2) is 6.61 Å². The minimum Gasteiger partial charge on any atom is -0.455 e. The summed E-state index contributed by atoms with van der Waals surface area (Å²) >= 11 is 0. The van der Waals surface area contributed by atoms with Crippen molar-refractivity contribution in [2.75, 3.05) is 32.8 Å². The number of hydrogen-bond acceptors (Lipinski definition) is 5. The monoisotopic (exact) mass is 422 g/mol. The highest BCUT2D eigenvalue weighted by molar-refractivity contribution is 7.89. The van der Waals surface area contributed by atoms with Crippen molar-refractivity contribution in [3.8, 4) is 0 Å². The van der Waals surface area contributed by atoms with Crippen molar-refractivity contribution in [3.63, 3.8) is 0 Å². The molecule has 0 spiro atoms. The predicted octanol–water partition coefficient (Wildman–Crippen LogP) is 2.02. The van der Waals surface area contributed by atoms with E-state index >= 15 is 0 Å². The van der Waals surface area contributed by atoms with E-state index in [-0.39, 0.29) is 60.9 Å². The lowest BCUT2D eigenvalue weighted by Gasteiger charge is -2.34. The Kier molecular flexibility index (Phi) is 6.06. The maximum Gasteiger partial charge on any atom is 0.309 e. The Morgan fingerprint density at radius 1 is 1.07 bits per heavy atom. The van der Waals surface area contributed by atoms with E-state index in [4.69, 9.17) is 4.74 Å². The van der Waals surface area contributed by atoms with Gasteiger partial charge >= 0.3 is 5.97 Å². The number of piperazine rings is 1. The smallest absolute Gasteiger partial charge is 0.309 e. The molecule has 1 saturated carbocycles. The van der Waals surface area contributed by atoms with Crippen molar-refractivity contribution in [2.24, 2.45) is 11.8 Å². The zero-order valence-electron chi connectivity index (χ0n) is 17.6. The van der Waals surface area contributed by atoms with E-state index in [0.717, 1.165) is 12.0 Å². The number of esters is 1. The van der Waals surface area contributed by atoms with Crippen LogP contribution < -0.4 is 0 Å². The summed E-state index contributed by atoms with van der Waals surface area (Å²) in [6.07, 6.45) is 0.820. The van der Waals surface area contributed by atoms with Gasteiger partial charge in [-0.2, -0.15) is 4.31 Å². The SMILES string of the molecule is C[C@@H]1C[C@H]1C(=O)OCC(=O)N1CCN(S(=O)(=O)c2ccc(C(C)(C)C)cc2)CC1. The largest absolute Gasteiger partial charge is 0.455 e. The van der Waals surface area contributed by atoms with Crippen LogP contribution in [0, 0.1) is 11.8 Å². The molecule has 1 amide bonds. The van der Waals surface area contributed by atoms with Gasteiger partial charge in [0.25, 0.3) is 5.91 Å². The van der Waals surface area contributed by atoms with Crippen LogP contribution in [0.4, 0.5) is 0 Å². The molecule has 8 heteroatoms. The van der Waals surface area contributed by atoms with Gasteiger partial charge in [-0.05, 0) is 35.4 Å². The number of ether oxygens (including phenoxy) is 1. The molecule has 0 aromatic heterocycles. The van der Waals surface area contributed by atoms with Crippen molar-refractivity contribution in [2.45, 2.75) is 44.4 Å². The zero-order valence-corrected chi connectivity index (χ0v) is 18.4. The molecule has 1 heterocycles. The second-order valence-corrected chi connectivity index (χ2v) is 10.9. The van der Waals surface area contributed by atoms with Gasteiger partial charge in [0.1, 0.15) is 0 Å². The molecule has 160 valence electrons. The molecule has 1 aliphatic heterocycles. The average molecular weight is 423 g/mol. The summed E-state index contributed by atoms with van der Waals surface area (Å²) in [5.41, 5.74) is 1.02. The van der Waals surface area contributed by atoms with Gasteiger partial charge in [0.2, 0.25) is 10.0 Å². The van der Waals surface area contributed by atoms with Crippen molar-refractivity contribution in [3.05, 3.63) is 29.8 Å². The molecule has 1 aromatic carbocycles. The standard InChI is InChI=1S/C21H30N2O5S/c1-15-13-18(15)20(25)28-14-19(24)22-9-11-23(12-10-22)29(26,27)17-7-5-16(6-8-17)21(2,3)4/h5-8,15,18H,9-14H2,1-4H3/t15-,18-/m1/s1. The molecule has 29 heavy (non-hydrogen) atoms. The molecule has 1 aliphatic carbocycles. The maximum absolute atomic E-state index is 12.9. The lowest BCUT2D eigenvalue weighted by molar-refractivity contribution is -0.153. The highest BCUT2D eigenvalue weighted by Crippen LogP contribution is 2.38. The fourth-order valence-electron chi connectivity index (χ4n) is 3.44. The second-order valence-electron chi connectivity index (χ2n) is 8.99.